The highest BCUT2D eigenvalue weighted by Crippen LogP contribution is 2.23. The second kappa shape index (κ2) is 6.48. The quantitative estimate of drug-likeness (QED) is 0.852. The van der Waals surface area contributed by atoms with Gasteiger partial charge >= 0.3 is 0 Å². The first kappa shape index (κ1) is 14.5. The van der Waals surface area contributed by atoms with Crippen molar-refractivity contribution in [3.05, 3.63) is 50.3 Å². The van der Waals surface area contributed by atoms with Crippen LogP contribution in [-0.2, 0) is 6.42 Å². The van der Waals surface area contributed by atoms with Gasteiger partial charge in [-0.05, 0) is 47.5 Å². The summed E-state index contributed by atoms with van der Waals surface area (Å²) < 4.78 is 2.02. The molecule has 0 aliphatic heterocycles. The molecular formula is C14H15Br2N3. The molecule has 0 saturated carbocycles. The van der Waals surface area contributed by atoms with Gasteiger partial charge in [-0.15, -0.1) is 0 Å². The maximum Gasteiger partial charge on any atom is 0.144 e. The van der Waals surface area contributed by atoms with Crippen LogP contribution in [0.1, 0.15) is 24.0 Å². The highest BCUT2D eigenvalue weighted by atomic mass is 79.9. The van der Waals surface area contributed by atoms with Gasteiger partial charge in [0, 0.05) is 17.4 Å². The monoisotopic (exact) mass is 383 g/mol. The predicted molar refractivity (Wildman–Crippen MR) is 85.6 cm³/mol. The van der Waals surface area contributed by atoms with E-state index in [2.05, 4.69) is 66.2 Å². The van der Waals surface area contributed by atoms with E-state index in [-0.39, 0.29) is 0 Å². The van der Waals surface area contributed by atoms with E-state index in [1.165, 1.54) is 5.56 Å². The van der Waals surface area contributed by atoms with Gasteiger partial charge in [-0.3, -0.25) is 0 Å². The van der Waals surface area contributed by atoms with Crippen LogP contribution in [0, 0.1) is 6.92 Å². The fraction of sp³-hybridized carbons (Fsp3) is 0.286. The van der Waals surface area contributed by atoms with E-state index in [9.17, 15) is 0 Å². The van der Waals surface area contributed by atoms with Crippen LogP contribution < -0.4 is 5.32 Å². The average molecular weight is 385 g/mol. The number of nitrogens with one attached hydrogen (secondary N) is 1. The highest BCUT2D eigenvalue weighted by molar-refractivity contribution is 9.10. The first-order valence-electron chi connectivity index (χ1n) is 6.11. The third-order valence-corrected chi connectivity index (χ3v) is 4.16. The van der Waals surface area contributed by atoms with Crippen molar-refractivity contribution in [2.45, 2.75) is 20.3 Å². The molecule has 5 heteroatoms. The van der Waals surface area contributed by atoms with E-state index in [0.717, 1.165) is 39.2 Å². The molecule has 0 bridgehead atoms. The molecular weight excluding hydrogens is 370 g/mol. The van der Waals surface area contributed by atoms with Crippen molar-refractivity contribution in [2.24, 2.45) is 0 Å². The summed E-state index contributed by atoms with van der Waals surface area (Å²) in [5, 5.41) is 3.25. The van der Waals surface area contributed by atoms with Crippen molar-refractivity contribution in [3.8, 4) is 0 Å². The van der Waals surface area contributed by atoms with Gasteiger partial charge in [-0.25, -0.2) is 9.97 Å². The summed E-state index contributed by atoms with van der Waals surface area (Å²) in [5.41, 5.74) is 2.16. The molecule has 2 rings (SSSR count). The van der Waals surface area contributed by atoms with Crippen LogP contribution in [-0.4, -0.2) is 16.5 Å². The number of halogens is 2. The fourth-order valence-corrected chi connectivity index (χ4v) is 2.35. The topological polar surface area (TPSA) is 37.8 Å². The molecule has 3 nitrogen and oxygen atoms in total. The highest BCUT2D eigenvalue weighted by Gasteiger charge is 2.09. The Kier molecular flexibility index (Phi) is 4.93. The molecule has 1 aromatic carbocycles. The molecule has 0 spiro atoms. The number of hydrogen-bond acceptors (Lipinski definition) is 3. The lowest BCUT2D eigenvalue weighted by atomic mass is 10.1. The molecule has 0 fully saturated rings. The van der Waals surface area contributed by atoms with E-state index in [4.69, 9.17) is 0 Å². The SMILES string of the molecule is CCNc1nc(Cc2ccc(Br)cc2)nc(C)c1Br. The zero-order valence-corrected chi connectivity index (χ0v) is 14.0. The molecule has 2 aromatic rings. The number of aryl methyl sites for hydroxylation is 1. The van der Waals surface area contributed by atoms with Crippen LogP contribution in [0.25, 0.3) is 0 Å². The molecule has 0 atom stereocenters. The van der Waals surface area contributed by atoms with Gasteiger partial charge in [0.05, 0.1) is 10.2 Å². The second-order valence-electron chi connectivity index (χ2n) is 4.22. The van der Waals surface area contributed by atoms with E-state index < -0.39 is 0 Å². The maximum absolute atomic E-state index is 4.56. The summed E-state index contributed by atoms with van der Waals surface area (Å²) in [6.45, 7) is 4.88. The largest absolute Gasteiger partial charge is 0.369 e. The summed E-state index contributed by atoms with van der Waals surface area (Å²) in [6.07, 6.45) is 0.736. The minimum Gasteiger partial charge on any atom is -0.369 e. The van der Waals surface area contributed by atoms with Crippen molar-refractivity contribution in [2.75, 3.05) is 11.9 Å². The molecule has 1 aromatic heterocycles. The molecule has 0 radical (unpaired) electrons. The summed E-state index contributed by atoms with van der Waals surface area (Å²) in [5.74, 6) is 1.70. The van der Waals surface area contributed by atoms with Gasteiger partial charge in [-0.2, -0.15) is 0 Å². The van der Waals surface area contributed by atoms with Crippen molar-refractivity contribution in [1.82, 2.24) is 9.97 Å². The molecule has 0 aliphatic carbocycles. The van der Waals surface area contributed by atoms with Gasteiger partial charge in [0.2, 0.25) is 0 Å². The zero-order valence-electron chi connectivity index (χ0n) is 10.9. The van der Waals surface area contributed by atoms with Crippen LogP contribution >= 0.6 is 31.9 Å². The molecule has 0 saturated heterocycles. The third-order valence-electron chi connectivity index (χ3n) is 2.68. The molecule has 0 amide bonds. The standard InChI is InChI=1S/C14H15Br2N3/c1-3-17-14-13(16)9(2)18-12(19-14)8-10-4-6-11(15)7-5-10/h4-7H,3,8H2,1-2H3,(H,17,18,19). The number of nitrogens with zero attached hydrogens (tertiary/aromatic N) is 2. The van der Waals surface area contributed by atoms with Crippen molar-refractivity contribution >= 4 is 37.7 Å². The molecule has 0 aliphatic rings. The van der Waals surface area contributed by atoms with Crippen LogP contribution in [0.15, 0.2) is 33.2 Å². The minimum atomic E-state index is 0.736. The van der Waals surface area contributed by atoms with E-state index in [1.807, 2.05) is 19.1 Å². The molecule has 0 unspecified atom stereocenters. The predicted octanol–water partition coefficient (Wildman–Crippen LogP) is 4.33. The molecule has 1 N–H and O–H groups in total. The fourth-order valence-electron chi connectivity index (χ4n) is 1.77. The van der Waals surface area contributed by atoms with E-state index >= 15 is 0 Å². The summed E-state index contributed by atoms with van der Waals surface area (Å²) >= 11 is 6.95. The first-order chi connectivity index (χ1) is 9.10. The number of anilines is 1. The lowest BCUT2D eigenvalue weighted by molar-refractivity contribution is 0.930. The number of aromatic nitrogens is 2. The van der Waals surface area contributed by atoms with Gasteiger partial charge in [0.25, 0.3) is 0 Å². The number of rotatable bonds is 4. The van der Waals surface area contributed by atoms with Gasteiger partial charge in [-0.1, -0.05) is 28.1 Å². The number of hydrogen-bond donors (Lipinski definition) is 1. The Bertz CT molecular complexity index is 568. The summed E-state index contributed by atoms with van der Waals surface area (Å²) in [4.78, 5) is 9.08. The normalized spacial score (nSPS) is 10.5. The van der Waals surface area contributed by atoms with E-state index in [0.29, 0.717) is 0 Å². The molecule has 1 heterocycles. The Morgan fingerprint density at radius 3 is 2.42 bits per heavy atom. The van der Waals surface area contributed by atoms with E-state index in [1.54, 1.807) is 0 Å². The second-order valence-corrected chi connectivity index (χ2v) is 5.93. The summed E-state index contributed by atoms with van der Waals surface area (Å²) in [7, 11) is 0. The van der Waals surface area contributed by atoms with Crippen LogP contribution in [0.3, 0.4) is 0 Å². The molecule has 100 valence electrons. The molecule has 19 heavy (non-hydrogen) atoms. The van der Waals surface area contributed by atoms with Gasteiger partial charge in [0.15, 0.2) is 0 Å². The smallest absolute Gasteiger partial charge is 0.144 e. The number of benzene rings is 1. The maximum atomic E-state index is 4.56. The Morgan fingerprint density at radius 2 is 1.79 bits per heavy atom. The lowest BCUT2D eigenvalue weighted by Crippen LogP contribution is -2.07. The first-order valence-corrected chi connectivity index (χ1v) is 7.70. The van der Waals surface area contributed by atoms with Crippen molar-refractivity contribution in [1.29, 1.82) is 0 Å². The van der Waals surface area contributed by atoms with Crippen LogP contribution in [0.2, 0.25) is 0 Å². The zero-order chi connectivity index (χ0) is 13.8. The Morgan fingerprint density at radius 1 is 1.11 bits per heavy atom. The van der Waals surface area contributed by atoms with Gasteiger partial charge < -0.3 is 5.32 Å². The average Bonchev–Trinajstić information content (AvgIpc) is 2.38. The lowest BCUT2D eigenvalue weighted by Gasteiger charge is -2.10. The Balaban J connectivity index is 2.27. The van der Waals surface area contributed by atoms with Gasteiger partial charge in [0.1, 0.15) is 11.6 Å². The van der Waals surface area contributed by atoms with Crippen molar-refractivity contribution < 1.29 is 0 Å². The Hall–Kier alpha value is -0.940. The van der Waals surface area contributed by atoms with Crippen LogP contribution in [0.5, 0.6) is 0 Å². The third kappa shape index (κ3) is 3.76. The van der Waals surface area contributed by atoms with Crippen molar-refractivity contribution in [3.63, 3.8) is 0 Å². The Labute approximate surface area is 130 Å². The summed E-state index contributed by atoms with van der Waals surface area (Å²) in [6, 6.07) is 8.23. The minimum absolute atomic E-state index is 0.736. The van der Waals surface area contributed by atoms with Crippen LogP contribution in [0.4, 0.5) is 5.82 Å².